The molecule has 2 aliphatic heterocycles. The minimum Gasteiger partial charge on any atom is -0.271 e. The van der Waals surface area contributed by atoms with Crippen LogP contribution in [0.4, 0.5) is 11.4 Å². The maximum Gasteiger partial charge on any atom is 0.263 e. The van der Waals surface area contributed by atoms with Crippen LogP contribution in [0.15, 0.2) is 58.9 Å². The Balaban J connectivity index is 1.68. The van der Waals surface area contributed by atoms with Crippen LogP contribution >= 0.6 is 0 Å². The standard InChI is InChI=1S/C19H18N4O2/c1-3-13-7-9-14(10-8-13)22-18(24)16-17(19(22)25)23(21-20-16)15-6-4-5-12(2)11-15/h4-11,16-17H,3H2,1-2H3/t16-,17+/m1/s1. The minimum atomic E-state index is -0.779. The molecule has 0 unspecified atom stereocenters. The van der Waals surface area contributed by atoms with Crippen molar-refractivity contribution in [1.29, 1.82) is 0 Å². The number of nitrogens with zero attached hydrogens (tertiary/aromatic N) is 4. The zero-order valence-corrected chi connectivity index (χ0v) is 14.1. The molecule has 0 saturated carbocycles. The lowest BCUT2D eigenvalue weighted by Crippen LogP contribution is -2.39. The van der Waals surface area contributed by atoms with Gasteiger partial charge >= 0.3 is 0 Å². The molecule has 2 heterocycles. The summed E-state index contributed by atoms with van der Waals surface area (Å²) in [5.41, 5.74) is 3.56. The molecule has 0 aromatic heterocycles. The zero-order chi connectivity index (χ0) is 17.6. The molecule has 0 aliphatic carbocycles. The molecule has 2 aromatic carbocycles. The topological polar surface area (TPSA) is 65.3 Å². The van der Waals surface area contributed by atoms with Crippen LogP contribution in [0.2, 0.25) is 0 Å². The molecular formula is C19H18N4O2. The average Bonchev–Trinajstić information content (AvgIpc) is 3.16. The van der Waals surface area contributed by atoms with Crippen molar-refractivity contribution in [1.82, 2.24) is 0 Å². The third-order valence-corrected chi connectivity index (χ3v) is 4.65. The molecule has 0 spiro atoms. The maximum absolute atomic E-state index is 13.0. The van der Waals surface area contributed by atoms with Crippen molar-refractivity contribution in [3.63, 3.8) is 0 Å². The highest BCUT2D eigenvalue weighted by Crippen LogP contribution is 2.35. The van der Waals surface area contributed by atoms with E-state index in [4.69, 9.17) is 0 Å². The third kappa shape index (κ3) is 2.41. The third-order valence-electron chi connectivity index (χ3n) is 4.65. The van der Waals surface area contributed by atoms with Crippen molar-refractivity contribution in [3.8, 4) is 0 Å². The van der Waals surface area contributed by atoms with Crippen LogP contribution in [0.5, 0.6) is 0 Å². The van der Waals surface area contributed by atoms with Crippen molar-refractivity contribution in [2.75, 3.05) is 9.91 Å². The average molecular weight is 334 g/mol. The van der Waals surface area contributed by atoms with Gasteiger partial charge in [0.15, 0.2) is 12.1 Å². The fraction of sp³-hybridized carbons (Fsp3) is 0.263. The number of carbonyl (C=O) groups excluding carboxylic acids is 2. The van der Waals surface area contributed by atoms with Gasteiger partial charge in [0.2, 0.25) is 0 Å². The Morgan fingerprint density at radius 2 is 1.76 bits per heavy atom. The normalized spacial score (nSPS) is 22.0. The number of benzene rings is 2. The summed E-state index contributed by atoms with van der Waals surface area (Å²) in [4.78, 5) is 26.9. The molecular weight excluding hydrogens is 316 g/mol. The summed E-state index contributed by atoms with van der Waals surface area (Å²) in [6, 6.07) is 13.7. The summed E-state index contributed by atoms with van der Waals surface area (Å²) in [5.74, 6) is -0.607. The largest absolute Gasteiger partial charge is 0.271 e. The summed E-state index contributed by atoms with van der Waals surface area (Å²) in [6.07, 6.45) is 0.906. The molecule has 4 rings (SSSR count). The maximum atomic E-state index is 13.0. The van der Waals surface area contributed by atoms with Crippen LogP contribution in [0.25, 0.3) is 0 Å². The van der Waals surface area contributed by atoms with Crippen molar-refractivity contribution in [3.05, 3.63) is 59.7 Å². The van der Waals surface area contributed by atoms with Crippen LogP contribution in [0.3, 0.4) is 0 Å². The van der Waals surface area contributed by atoms with Gasteiger partial charge in [-0.1, -0.05) is 36.4 Å². The van der Waals surface area contributed by atoms with Crippen LogP contribution in [0, 0.1) is 6.92 Å². The molecule has 0 N–H and O–H groups in total. The highest BCUT2D eigenvalue weighted by molar-refractivity contribution is 6.26. The van der Waals surface area contributed by atoms with Gasteiger partial charge < -0.3 is 0 Å². The van der Waals surface area contributed by atoms with Crippen molar-refractivity contribution < 1.29 is 9.59 Å². The Labute approximate surface area is 145 Å². The van der Waals surface area contributed by atoms with Gasteiger partial charge in [0.25, 0.3) is 11.8 Å². The number of rotatable bonds is 3. The first-order chi connectivity index (χ1) is 12.1. The van der Waals surface area contributed by atoms with E-state index in [0.29, 0.717) is 5.69 Å². The summed E-state index contributed by atoms with van der Waals surface area (Å²) >= 11 is 0. The van der Waals surface area contributed by atoms with E-state index in [1.54, 1.807) is 5.01 Å². The predicted molar refractivity (Wildman–Crippen MR) is 94.4 cm³/mol. The first kappa shape index (κ1) is 15.5. The predicted octanol–water partition coefficient (Wildman–Crippen LogP) is 3.06. The molecule has 1 saturated heterocycles. The van der Waals surface area contributed by atoms with E-state index in [-0.39, 0.29) is 11.8 Å². The van der Waals surface area contributed by atoms with E-state index in [1.165, 1.54) is 4.90 Å². The van der Waals surface area contributed by atoms with Gasteiger partial charge in [-0.25, -0.2) is 9.91 Å². The fourth-order valence-corrected chi connectivity index (χ4v) is 3.28. The van der Waals surface area contributed by atoms with Crippen LogP contribution in [-0.4, -0.2) is 23.9 Å². The molecule has 2 atom stereocenters. The van der Waals surface area contributed by atoms with Crippen LogP contribution in [-0.2, 0) is 16.0 Å². The number of aryl methyl sites for hydroxylation is 2. The number of hydrogen-bond donors (Lipinski definition) is 0. The summed E-state index contributed by atoms with van der Waals surface area (Å²) < 4.78 is 0. The number of carbonyl (C=O) groups is 2. The van der Waals surface area contributed by atoms with Crippen LogP contribution in [0.1, 0.15) is 18.1 Å². The first-order valence-electron chi connectivity index (χ1n) is 8.33. The molecule has 25 heavy (non-hydrogen) atoms. The molecule has 1 fully saturated rings. The number of imide groups is 1. The second-order valence-corrected chi connectivity index (χ2v) is 6.31. The van der Waals surface area contributed by atoms with Crippen molar-refractivity contribution in [2.24, 2.45) is 10.3 Å². The molecule has 6 heteroatoms. The lowest BCUT2D eigenvalue weighted by molar-refractivity contribution is -0.121. The molecule has 2 amide bonds. The first-order valence-corrected chi connectivity index (χ1v) is 8.33. The van der Waals surface area contributed by atoms with E-state index in [1.807, 2.05) is 55.5 Å². The monoisotopic (exact) mass is 334 g/mol. The molecule has 6 nitrogen and oxygen atoms in total. The number of amides is 2. The Morgan fingerprint density at radius 1 is 1.00 bits per heavy atom. The fourth-order valence-electron chi connectivity index (χ4n) is 3.28. The Kier molecular flexibility index (Phi) is 3.60. The van der Waals surface area contributed by atoms with E-state index < -0.39 is 12.1 Å². The lowest BCUT2D eigenvalue weighted by atomic mass is 10.1. The van der Waals surface area contributed by atoms with Gasteiger partial charge in [-0.3, -0.25) is 9.59 Å². The second-order valence-electron chi connectivity index (χ2n) is 6.31. The summed E-state index contributed by atoms with van der Waals surface area (Å²) in [7, 11) is 0. The van der Waals surface area contributed by atoms with E-state index in [9.17, 15) is 9.59 Å². The Morgan fingerprint density at radius 3 is 2.44 bits per heavy atom. The molecule has 0 radical (unpaired) electrons. The smallest absolute Gasteiger partial charge is 0.263 e. The molecule has 126 valence electrons. The van der Waals surface area contributed by atoms with Gasteiger partial charge in [-0.15, -0.1) is 0 Å². The highest BCUT2D eigenvalue weighted by Gasteiger charge is 2.55. The molecule has 2 aromatic rings. The summed E-state index contributed by atoms with van der Waals surface area (Å²) in [5, 5.41) is 9.70. The van der Waals surface area contributed by atoms with Crippen LogP contribution < -0.4 is 9.91 Å². The van der Waals surface area contributed by atoms with Gasteiger partial charge in [-0.05, 0) is 48.7 Å². The summed E-state index contributed by atoms with van der Waals surface area (Å²) in [6.45, 7) is 4.03. The number of hydrogen-bond acceptors (Lipinski definition) is 5. The van der Waals surface area contributed by atoms with Crippen molar-refractivity contribution >= 4 is 23.2 Å². The highest BCUT2D eigenvalue weighted by atomic mass is 16.2. The Hall–Kier alpha value is -3.02. The zero-order valence-electron chi connectivity index (χ0n) is 14.1. The van der Waals surface area contributed by atoms with Gasteiger partial charge in [0, 0.05) is 0 Å². The molecule has 0 bridgehead atoms. The Bertz CT molecular complexity index is 875. The van der Waals surface area contributed by atoms with E-state index in [2.05, 4.69) is 17.3 Å². The second kappa shape index (κ2) is 5.81. The van der Waals surface area contributed by atoms with Gasteiger partial charge in [0.1, 0.15) is 0 Å². The van der Waals surface area contributed by atoms with E-state index in [0.717, 1.165) is 23.2 Å². The SMILES string of the molecule is CCc1ccc(N2C(=O)[C@@H]3[C@@H](N=NN3c3cccc(C)c3)C2=O)cc1. The molecule has 2 aliphatic rings. The van der Waals surface area contributed by atoms with E-state index >= 15 is 0 Å². The quantitative estimate of drug-likeness (QED) is 0.810. The number of anilines is 2. The van der Waals surface area contributed by atoms with Crippen molar-refractivity contribution in [2.45, 2.75) is 32.4 Å². The van der Waals surface area contributed by atoms with Gasteiger partial charge in [0.05, 0.1) is 11.4 Å². The number of fused-ring (bicyclic) bond motifs is 1. The lowest BCUT2D eigenvalue weighted by Gasteiger charge is -2.21. The van der Waals surface area contributed by atoms with Gasteiger partial charge in [-0.2, -0.15) is 5.11 Å². The minimum absolute atomic E-state index is 0.286.